The largest absolute Gasteiger partial charge is 0.370 e. The van der Waals surface area contributed by atoms with Gasteiger partial charge in [0, 0.05) is 6.54 Å². The van der Waals surface area contributed by atoms with E-state index in [2.05, 4.69) is 21.7 Å². The molecule has 1 fully saturated rings. The molecule has 88 valence electrons. The maximum Gasteiger partial charge on any atom is 0.185 e. The Balaban J connectivity index is 2.21. The molecule has 0 saturated carbocycles. The van der Waals surface area contributed by atoms with Gasteiger partial charge in [-0.3, -0.25) is 4.99 Å². The van der Waals surface area contributed by atoms with Crippen molar-refractivity contribution in [2.75, 3.05) is 37.7 Å². The van der Waals surface area contributed by atoms with Gasteiger partial charge in [-0.2, -0.15) is 11.8 Å². The smallest absolute Gasteiger partial charge is 0.185 e. The maximum absolute atomic E-state index is 5.29. The summed E-state index contributed by atoms with van der Waals surface area (Å²) in [7, 11) is 0. The molecule has 0 atom stereocenters. The van der Waals surface area contributed by atoms with Crippen LogP contribution in [0, 0.1) is 0 Å². The predicted octanol–water partition coefficient (Wildman–Crippen LogP) is 0.479. The molecule has 15 heavy (non-hydrogen) atoms. The first kappa shape index (κ1) is 12.6. The van der Waals surface area contributed by atoms with E-state index in [-0.39, 0.29) is 5.96 Å². The number of thioether (sulfide) groups is 1. The Morgan fingerprint density at radius 2 is 1.87 bits per heavy atom. The van der Waals surface area contributed by atoms with E-state index in [0.29, 0.717) is 0 Å². The SMILES string of the molecule is NC(N)=NCCN1CCCCSCCC1. The minimum atomic E-state index is 0.204. The van der Waals surface area contributed by atoms with Gasteiger partial charge in [-0.1, -0.05) is 0 Å². The molecule has 4 nitrogen and oxygen atoms in total. The van der Waals surface area contributed by atoms with Crippen molar-refractivity contribution in [3.05, 3.63) is 0 Å². The van der Waals surface area contributed by atoms with E-state index in [9.17, 15) is 0 Å². The maximum atomic E-state index is 5.29. The molecule has 1 aliphatic heterocycles. The first-order valence-electron chi connectivity index (χ1n) is 5.64. The van der Waals surface area contributed by atoms with Gasteiger partial charge in [0.15, 0.2) is 5.96 Å². The molecule has 0 aliphatic carbocycles. The van der Waals surface area contributed by atoms with Crippen molar-refractivity contribution in [3.63, 3.8) is 0 Å². The summed E-state index contributed by atoms with van der Waals surface area (Å²) in [6.45, 7) is 4.10. The summed E-state index contributed by atoms with van der Waals surface area (Å²) in [6.07, 6.45) is 3.92. The van der Waals surface area contributed by atoms with E-state index in [1.54, 1.807) is 0 Å². The fourth-order valence-corrected chi connectivity index (χ4v) is 2.63. The summed E-state index contributed by atoms with van der Waals surface area (Å²) >= 11 is 2.08. The molecule has 1 heterocycles. The second-order valence-corrected chi connectivity index (χ2v) is 5.05. The highest BCUT2D eigenvalue weighted by atomic mass is 32.2. The molecule has 0 bridgehead atoms. The van der Waals surface area contributed by atoms with Crippen LogP contribution in [-0.2, 0) is 0 Å². The molecule has 0 aromatic carbocycles. The summed E-state index contributed by atoms with van der Waals surface area (Å²) in [6, 6.07) is 0. The number of nitrogens with zero attached hydrogens (tertiary/aromatic N) is 2. The van der Waals surface area contributed by atoms with E-state index in [4.69, 9.17) is 11.5 Å². The lowest BCUT2D eigenvalue weighted by molar-refractivity contribution is 0.280. The molecule has 1 saturated heterocycles. The Bertz CT molecular complexity index is 182. The third-order valence-electron chi connectivity index (χ3n) is 2.49. The van der Waals surface area contributed by atoms with Crippen LogP contribution in [0.3, 0.4) is 0 Å². The van der Waals surface area contributed by atoms with E-state index >= 15 is 0 Å². The van der Waals surface area contributed by atoms with Crippen molar-refractivity contribution < 1.29 is 0 Å². The molecule has 0 amide bonds. The molecule has 4 N–H and O–H groups in total. The van der Waals surface area contributed by atoms with E-state index < -0.39 is 0 Å². The van der Waals surface area contributed by atoms with Crippen LogP contribution in [0.2, 0.25) is 0 Å². The number of aliphatic imine (C=N–C) groups is 1. The minimum Gasteiger partial charge on any atom is -0.370 e. The monoisotopic (exact) mass is 230 g/mol. The van der Waals surface area contributed by atoms with Gasteiger partial charge < -0.3 is 16.4 Å². The molecule has 0 radical (unpaired) electrons. The summed E-state index contributed by atoms with van der Waals surface area (Å²) < 4.78 is 0. The third kappa shape index (κ3) is 6.62. The van der Waals surface area contributed by atoms with Gasteiger partial charge in [0.25, 0.3) is 0 Å². The van der Waals surface area contributed by atoms with Gasteiger partial charge in [-0.15, -0.1) is 0 Å². The molecule has 0 unspecified atom stereocenters. The Morgan fingerprint density at radius 1 is 1.13 bits per heavy atom. The minimum absolute atomic E-state index is 0.204. The summed E-state index contributed by atoms with van der Waals surface area (Å²) in [5.41, 5.74) is 10.6. The van der Waals surface area contributed by atoms with Crippen molar-refractivity contribution in [1.82, 2.24) is 4.90 Å². The van der Waals surface area contributed by atoms with Crippen molar-refractivity contribution in [1.29, 1.82) is 0 Å². The van der Waals surface area contributed by atoms with Crippen LogP contribution < -0.4 is 11.5 Å². The highest BCUT2D eigenvalue weighted by molar-refractivity contribution is 7.99. The lowest BCUT2D eigenvalue weighted by atomic mass is 10.3. The van der Waals surface area contributed by atoms with Crippen molar-refractivity contribution in [2.45, 2.75) is 19.3 Å². The standard InChI is InChI=1S/C10H22N4S/c11-10(12)13-4-7-14-5-1-2-8-15-9-3-6-14/h1-9H2,(H4,11,12,13). The summed E-state index contributed by atoms with van der Waals surface area (Å²) in [5.74, 6) is 2.82. The second kappa shape index (κ2) is 7.82. The van der Waals surface area contributed by atoms with Crippen LogP contribution >= 0.6 is 11.8 Å². The molecular formula is C10H22N4S. The number of guanidine groups is 1. The van der Waals surface area contributed by atoms with E-state index in [1.165, 1.54) is 43.9 Å². The fourth-order valence-electron chi connectivity index (χ4n) is 1.69. The average Bonchev–Trinajstić information content (AvgIpc) is 2.31. The fraction of sp³-hybridized carbons (Fsp3) is 0.900. The normalized spacial score (nSPS) is 20.0. The zero-order chi connectivity index (χ0) is 10.9. The van der Waals surface area contributed by atoms with Gasteiger partial charge in [0.1, 0.15) is 0 Å². The van der Waals surface area contributed by atoms with Crippen LogP contribution in [-0.4, -0.2) is 48.5 Å². The number of rotatable bonds is 3. The Labute approximate surface area is 96.5 Å². The topological polar surface area (TPSA) is 67.6 Å². The Kier molecular flexibility index (Phi) is 6.59. The average molecular weight is 230 g/mol. The second-order valence-electron chi connectivity index (χ2n) is 3.82. The van der Waals surface area contributed by atoms with Gasteiger partial charge >= 0.3 is 0 Å². The Hall–Kier alpha value is -0.420. The van der Waals surface area contributed by atoms with E-state index in [1.807, 2.05) is 0 Å². The lowest BCUT2D eigenvalue weighted by Gasteiger charge is -2.20. The highest BCUT2D eigenvalue weighted by Crippen LogP contribution is 2.10. The summed E-state index contributed by atoms with van der Waals surface area (Å²) in [4.78, 5) is 6.49. The molecule has 0 aromatic heterocycles. The van der Waals surface area contributed by atoms with Crippen LogP contribution in [0.15, 0.2) is 4.99 Å². The molecule has 1 aliphatic rings. The summed E-state index contributed by atoms with van der Waals surface area (Å²) in [5, 5.41) is 0. The van der Waals surface area contributed by atoms with E-state index in [0.717, 1.165) is 13.1 Å². The Morgan fingerprint density at radius 3 is 2.67 bits per heavy atom. The van der Waals surface area contributed by atoms with Gasteiger partial charge in [-0.25, -0.2) is 0 Å². The molecular weight excluding hydrogens is 208 g/mol. The van der Waals surface area contributed by atoms with Crippen molar-refractivity contribution in [2.24, 2.45) is 16.5 Å². The zero-order valence-electron chi connectivity index (χ0n) is 9.32. The van der Waals surface area contributed by atoms with Crippen LogP contribution in [0.4, 0.5) is 0 Å². The quantitative estimate of drug-likeness (QED) is 0.546. The lowest BCUT2D eigenvalue weighted by Crippen LogP contribution is -2.30. The van der Waals surface area contributed by atoms with Crippen LogP contribution in [0.1, 0.15) is 19.3 Å². The first-order chi connectivity index (χ1) is 7.29. The van der Waals surface area contributed by atoms with Crippen molar-refractivity contribution >= 4 is 17.7 Å². The number of hydrogen-bond donors (Lipinski definition) is 2. The zero-order valence-corrected chi connectivity index (χ0v) is 10.1. The third-order valence-corrected chi connectivity index (χ3v) is 3.64. The van der Waals surface area contributed by atoms with Gasteiger partial charge in [0.05, 0.1) is 6.54 Å². The van der Waals surface area contributed by atoms with Crippen LogP contribution in [0.5, 0.6) is 0 Å². The van der Waals surface area contributed by atoms with Gasteiger partial charge in [0.2, 0.25) is 0 Å². The molecule has 0 spiro atoms. The van der Waals surface area contributed by atoms with Crippen LogP contribution in [0.25, 0.3) is 0 Å². The number of hydrogen-bond acceptors (Lipinski definition) is 3. The number of nitrogens with two attached hydrogens (primary N) is 2. The van der Waals surface area contributed by atoms with Crippen molar-refractivity contribution in [3.8, 4) is 0 Å². The predicted molar refractivity (Wildman–Crippen MR) is 68.3 cm³/mol. The first-order valence-corrected chi connectivity index (χ1v) is 6.80. The molecule has 5 heteroatoms. The highest BCUT2D eigenvalue weighted by Gasteiger charge is 2.06. The molecule has 1 rings (SSSR count). The van der Waals surface area contributed by atoms with Gasteiger partial charge in [-0.05, 0) is 43.9 Å². The molecule has 0 aromatic rings.